The van der Waals surface area contributed by atoms with Gasteiger partial charge in [-0.3, -0.25) is 4.79 Å². The first kappa shape index (κ1) is 14.7. The summed E-state index contributed by atoms with van der Waals surface area (Å²) in [4.78, 5) is 11.9. The van der Waals surface area contributed by atoms with E-state index in [1.807, 2.05) is 0 Å². The molecule has 20 heavy (non-hydrogen) atoms. The van der Waals surface area contributed by atoms with E-state index in [0.29, 0.717) is 19.8 Å². The standard InChI is InChI=1S/C14H18F2N2O2/c1-14(2-4-20-5-3-14)8-18-13(19)9-6-10(15)12(17)11(16)7-9/h6-7H,2-5,8,17H2,1H3,(H,18,19). The van der Waals surface area contributed by atoms with Gasteiger partial charge in [0.15, 0.2) is 0 Å². The highest BCUT2D eigenvalue weighted by atomic mass is 19.1. The first-order valence-electron chi connectivity index (χ1n) is 6.52. The Balaban J connectivity index is 2.01. The number of amides is 1. The molecule has 1 fully saturated rings. The Labute approximate surface area is 116 Å². The molecule has 110 valence electrons. The number of carbonyl (C=O) groups excluding carboxylic acids is 1. The van der Waals surface area contributed by atoms with Crippen molar-refractivity contribution in [1.82, 2.24) is 5.32 Å². The van der Waals surface area contributed by atoms with Crippen molar-refractivity contribution in [3.05, 3.63) is 29.3 Å². The molecule has 3 N–H and O–H groups in total. The second-order valence-corrected chi connectivity index (χ2v) is 5.46. The fourth-order valence-electron chi connectivity index (χ4n) is 2.15. The Morgan fingerprint density at radius 2 is 1.90 bits per heavy atom. The van der Waals surface area contributed by atoms with Gasteiger partial charge in [-0.2, -0.15) is 0 Å². The van der Waals surface area contributed by atoms with E-state index in [-0.39, 0.29) is 11.0 Å². The van der Waals surface area contributed by atoms with Crippen LogP contribution < -0.4 is 11.1 Å². The molecule has 1 amide bonds. The third-order valence-electron chi connectivity index (χ3n) is 3.72. The predicted octanol–water partition coefficient (Wildman–Crippen LogP) is 2.09. The van der Waals surface area contributed by atoms with Crippen molar-refractivity contribution in [2.24, 2.45) is 5.41 Å². The first-order chi connectivity index (χ1) is 9.41. The van der Waals surface area contributed by atoms with Crippen LogP contribution in [0.5, 0.6) is 0 Å². The first-order valence-corrected chi connectivity index (χ1v) is 6.52. The third-order valence-corrected chi connectivity index (χ3v) is 3.72. The Morgan fingerprint density at radius 3 is 2.45 bits per heavy atom. The Bertz CT molecular complexity index is 491. The summed E-state index contributed by atoms with van der Waals surface area (Å²) in [6.07, 6.45) is 1.69. The molecule has 0 saturated carbocycles. The zero-order chi connectivity index (χ0) is 14.8. The predicted molar refractivity (Wildman–Crippen MR) is 71.3 cm³/mol. The minimum Gasteiger partial charge on any atom is -0.394 e. The average Bonchev–Trinajstić information content (AvgIpc) is 2.42. The summed E-state index contributed by atoms with van der Waals surface area (Å²) in [6.45, 7) is 3.83. The number of hydrogen-bond acceptors (Lipinski definition) is 3. The maximum Gasteiger partial charge on any atom is 0.251 e. The summed E-state index contributed by atoms with van der Waals surface area (Å²) in [6, 6.07) is 1.89. The number of carbonyl (C=O) groups is 1. The molecular formula is C14H18F2N2O2. The molecule has 1 aliphatic heterocycles. The monoisotopic (exact) mass is 284 g/mol. The SMILES string of the molecule is CC1(CNC(=O)c2cc(F)c(N)c(F)c2)CCOCC1. The highest BCUT2D eigenvalue weighted by Gasteiger charge is 2.28. The summed E-state index contributed by atoms with van der Waals surface area (Å²) >= 11 is 0. The van der Waals surface area contributed by atoms with Gasteiger partial charge in [0, 0.05) is 25.3 Å². The van der Waals surface area contributed by atoms with Crippen LogP contribution in [0.15, 0.2) is 12.1 Å². The van der Waals surface area contributed by atoms with Crippen LogP contribution in [0.3, 0.4) is 0 Å². The van der Waals surface area contributed by atoms with Crippen molar-refractivity contribution in [3.8, 4) is 0 Å². The molecule has 0 atom stereocenters. The van der Waals surface area contributed by atoms with E-state index in [4.69, 9.17) is 10.5 Å². The van der Waals surface area contributed by atoms with Gasteiger partial charge in [0.2, 0.25) is 0 Å². The fourth-order valence-corrected chi connectivity index (χ4v) is 2.15. The van der Waals surface area contributed by atoms with Gasteiger partial charge in [0.25, 0.3) is 5.91 Å². The van der Waals surface area contributed by atoms with Crippen LogP contribution in [0.1, 0.15) is 30.1 Å². The maximum atomic E-state index is 13.3. The number of anilines is 1. The average molecular weight is 284 g/mol. The van der Waals surface area contributed by atoms with Crippen molar-refractivity contribution < 1.29 is 18.3 Å². The molecule has 0 unspecified atom stereocenters. The van der Waals surface area contributed by atoms with E-state index >= 15 is 0 Å². The topological polar surface area (TPSA) is 64.4 Å². The van der Waals surface area contributed by atoms with Crippen LogP contribution >= 0.6 is 0 Å². The molecule has 1 aromatic rings. The highest BCUT2D eigenvalue weighted by Crippen LogP contribution is 2.28. The van der Waals surface area contributed by atoms with Gasteiger partial charge in [0.1, 0.15) is 17.3 Å². The molecule has 0 aliphatic carbocycles. The Hall–Kier alpha value is -1.69. The minimum absolute atomic E-state index is 0.0428. The smallest absolute Gasteiger partial charge is 0.251 e. The third kappa shape index (κ3) is 3.25. The van der Waals surface area contributed by atoms with E-state index in [2.05, 4.69) is 12.2 Å². The Kier molecular flexibility index (Phi) is 4.23. The number of halogens is 2. The largest absolute Gasteiger partial charge is 0.394 e. The summed E-state index contributed by atoms with van der Waals surface area (Å²) in [5.74, 6) is -2.35. The lowest BCUT2D eigenvalue weighted by atomic mass is 9.82. The van der Waals surface area contributed by atoms with Gasteiger partial charge < -0.3 is 15.8 Å². The molecule has 6 heteroatoms. The molecule has 1 aliphatic rings. The van der Waals surface area contributed by atoms with Gasteiger partial charge in [-0.25, -0.2) is 8.78 Å². The molecule has 1 saturated heterocycles. The summed E-state index contributed by atoms with van der Waals surface area (Å²) in [5, 5.41) is 2.71. The van der Waals surface area contributed by atoms with Gasteiger partial charge >= 0.3 is 0 Å². The highest BCUT2D eigenvalue weighted by molar-refractivity contribution is 5.94. The summed E-state index contributed by atoms with van der Waals surface area (Å²) in [5.41, 5.74) is 4.49. The van der Waals surface area contributed by atoms with Crippen LogP contribution in [0.25, 0.3) is 0 Å². The molecule has 0 aromatic heterocycles. The van der Waals surface area contributed by atoms with E-state index in [1.165, 1.54) is 0 Å². The van der Waals surface area contributed by atoms with Gasteiger partial charge in [-0.1, -0.05) is 6.92 Å². The molecule has 0 bridgehead atoms. The van der Waals surface area contributed by atoms with Gasteiger partial charge in [0.05, 0.1) is 0 Å². The van der Waals surface area contributed by atoms with Gasteiger partial charge in [-0.15, -0.1) is 0 Å². The second kappa shape index (κ2) is 5.75. The van der Waals surface area contributed by atoms with Crippen LogP contribution in [-0.4, -0.2) is 25.7 Å². The van der Waals surface area contributed by atoms with E-state index in [1.54, 1.807) is 0 Å². The van der Waals surface area contributed by atoms with Crippen molar-refractivity contribution in [2.75, 3.05) is 25.5 Å². The van der Waals surface area contributed by atoms with Gasteiger partial charge in [-0.05, 0) is 30.4 Å². The van der Waals surface area contributed by atoms with Crippen LogP contribution in [0.2, 0.25) is 0 Å². The number of nitrogens with one attached hydrogen (secondary N) is 1. The van der Waals surface area contributed by atoms with Crippen LogP contribution in [-0.2, 0) is 4.74 Å². The molecular weight excluding hydrogens is 266 g/mol. The van der Waals surface area contributed by atoms with Crippen molar-refractivity contribution in [2.45, 2.75) is 19.8 Å². The lowest BCUT2D eigenvalue weighted by Gasteiger charge is -2.33. The molecule has 1 heterocycles. The van der Waals surface area contributed by atoms with E-state index in [0.717, 1.165) is 25.0 Å². The number of benzene rings is 1. The van der Waals surface area contributed by atoms with Crippen LogP contribution in [0.4, 0.5) is 14.5 Å². The number of rotatable bonds is 3. The summed E-state index contributed by atoms with van der Waals surface area (Å²) < 4.78 is 31.9. The van der Waals surface area contributed by atoms with E-state index < -0.39 is 23.2 Å². The zero-order valence-electron chi connectivity index (χ0n) is 11.3. The molecule has 0 radical (unpaired) electrons. The van der Waals surface area contributed by atoms with Crippen LogP contribution in [0, 0.1) is 17.0 Å². The van der Waals surface area contributed by atoms with Crippen molar-refractivity contribution >= 4 is 11.6 Å². The minimum atomic E-state index is -0.924. The molecule has 2 rings (SSSR count). The van der Waals surface area contributed by atoms with Crippen molar-refractivity contribution in [1.29, 1.82) is 0 Å². The zero-order valence-corrected chi connectivity index (χ0v) is 11.3. The van der Waals surface area contributed by atoms with Crippen molar-refractivity contribution in [3.63, 3.8) is 0 Å². The maximum absolute atomic E-state index is 13.3. The van der Waals surface area contributed by atoms with E-state index in [9.17, 15) is 13.6 Å². The molecule has 0 spiro atoms. The summed E-state index contributed by atoms with van der Waals surface area (Å²) in [7, 11) is 0. The number of nitrogen functional groups attached to an aromatic ring is 1. The quantitative estimate of drug-likeness (QED) is 0.835. The number of hydrogen-bond donors (Lipinski definition) is 2. The number of nitrogens with two attached hydrogens (primary N) is 1. The fraction of sp³-hybridized carbons (Fsp3) is 0.500. The normalized spacial score (nSPS) is 17.8. The second-order valence-electron chi connectivity index (χ2n) is 5.46. The Morgan fingerprint density at radius 1 is 1.35 bits per heavy atom. The number of ether oxygens (including phenoxy) is 1. The lowest BCUT2D eigenvalue weighted by Crippen LogP contribution is -2.39. The molecule has 4 nitrogen and oxygen atoms in total. The lowest BCUT2D eigenvalue weighted by molar-refractivity contribution is 0.0238. The molecule has 1 aromatic carbocycles.